The van der Waals surface area contributed by atoms with Gasteiger partial charge < -0.3 is 4.90 Å². The van der Waals surface area contributed by atoms with E-state index in [4.69, 9.17) is 0 Å². The number of hydrogen-bond acceptors (Lipinski definition) is 1. The van der Waals surface area contributed by atoms with Crippen molar-refractivity contribution in [1.29, 1.82) is 0 Å². The molecule has 0 unspecified atom stereocenters. The summed E-state index contributed by atoms with van der Waals surface area (Å²) in [5.41, 5.74) is 16.4. The molecule has 0 saturated heterocycles. The standard InChI is InChI=1S/C53H37N/c1-53(2)46-26-14-13-25-44(46)52-39-20-8-7-19-38(39)45(33-47(52)53)51-42-23-11-9-21-40(42)50(41-22-10-12-24-43(41)51)36-30-31-49-35(32-36)29-28-34-16-6-15-27-48(34)54(49)37-17-4-3-5-18-37/h3-33H,1-2H3. The third-order valence-electron chi connectivity index (χ3n) is 12.0. The van der Waals surface area contributed by atoms with Gasteiger partial charge in [0.1, 0.15) is 0 Å². The first kappa shape index (κ1) is 30.9. The Morgan fingerprint density at radius 1 is 0.370 bits per heavy atom. The SMILES string of the molecule is CC1(C)c2ccccc2-c2c1cc(-c1c3ccccc3c(-c3ccc4c(c3)C=Cc3ccccc3N4c3ccccc3)c3ccccc13)c1ccccc21. The number of anilines is 3. The number of para-hydroxylation sites is 2. The molecule has 9 aromatic carbocycles. The summed E-state index contributed by atoms with van der Waals surface area (Å²) in [7, 11) is 0. The summed E-state index contributed by atoms with van der Waals surface area (Å²) in [6, 6.07) is 65.1. The zero-order valence-corrected chi connectivity index (χ0v) is 30.3. The fourth-order valence-corrected chi connectivity index (χ4v) is 9.53. The van der Waals surface area contributed by atoms with E-state index < -0.39 is 0 Å². The molecule has 0 spiro atoms. The Morgan fingerprint density at radius 3 is 1.63 bits per heavy atom. The van der Waals surface area contributed by atoms with E-state index >= 15 is 0 Å². The van der Waals surface area contributed by atoms with Crippen molar-refractivity contribution in [1.82, 2.24) is 0 Å². The predicted molar refractivity (Wildman–Crippen MR) is 231 cm³/mol. The van der Waals surface area contributed by atoms with Crippen molar-refractivity contribution < 1.29 is 0 Å². The molecule has 0 radical (unpaired) electrons. The number of fused-ring (bicyclic) bond motifs is 9. The van der Waals surface area contributed by atoms with Gasteiger partial charge in [0.15, 0.2) is 0 Å². The van der Waals surface area contributed by atoms with Crippen LogP contribution in [0.5, 0.6) is 0 Å². The van der Waals surface area contributed by atoms with Crippen LogP contribution in [0, 0.1) is 0 Å². The van der Waals surface area contributed by atoms with Crippen LogP contribution < -0.4 is 4.90 Å². The monoisotopic (exact) mass is 687 g/mol. The van der Waals surface area contributed by atoms with Gasteiger partial charge in [-0.3, -0.25) is 0 Å². The summed E-state index contributed by atoms with van der Waals surface area (Å²) in [6.07, 6.45) is 4.55. The van der Waals surface area contributed by atoms with E-state index in [-0.39, 0.29) is 5.41 Å². The second-order valence-electron chi connectivity index (χ2n) is 15.2. The van der Waals surface area contributed by atoms with Crippen LogP contribution in [-0.2, 0) is 5.41 Å². The number of nitrogens with zero attached hydrogens (tertiary/aromatic N) is 1. The van der Waals surface area contributed by atoms with Crippen molar-refractivity contribution in [3.63, 3.8) is 0 Å². The highest BCUT2D eigenvalue weighted by molar-refractivity contribution is 6.24. The Hall–Kier alpha value is -6.70. The van der Waals surface area contributed by atoms with Gasteiger partial charge >= 0.3 is 0 Å². The van der Waals surface area contributed by atoms with Crippen LogP contribution in [0.4, 0.5) is 17.1 Å². The van der Waals surface area contributed by atoms with Gasteiger partial charge in [-0.25, -0.2) is 0 Å². The van der Waals surface area contributed by atoms with Crippen LogP contribution in [-0.4, -0.2) is 0 Å². The van der Waals surface area contributed by atoms with Crippen LogP contribution >= 0.6 is 0 Å². The summed E-state index contributed by atoms with van der Waals surface area (Å²) in [5, 5.41) is 7.68. The molecule has 0 atom stereocenters. The van der Waals surface area contributed by atoms with Crippen LogP contribution in [0.25, 0.3) is 77.9 Å². The zero-order valence-electron chi connectivity index (χ0n) is 30.3. The summed E-state index contributed by atoms with van der Waals surface area (Å²) in [4.78, 5) is 2.40. The molecular weight excluding hydrogens is 651 g/mol. The molecular formula is C53H37N. The normalized spacial score (nSPS) is 13.8. The molecule has 0 N–H and O–H groups in total. The van der Waals surface area contributed by atoms with Crippen molar-refractivity contribution >= 4 is 61.5 Å². The summed E-state index contributed by atoms with van der Waals surface area (Å²) in [5.74, 6) is 0. The first-order valence-electron chi connectivity index (χ1n) is 18.9. The highest BCUT2D eigenvalue weighted by Gasteiger charge is 2.37. The molecule has 1 aliphatic heterocycles. The maximum atomic E-state index is 2.52. The van der Waals surface area contributed by atoms with Crippen LogP contribution in [0.3, 0.4) is 0 Å². The minimum Gasteiger partial charge on any atom is -0.309 e. The molecule has 1 heterocycles. The molecule has 11 rings (SSSR count). The Kier molecular flexibility index (Phi) is 6.66. The molecule has 0 saturated carbocycles. The lowest BCUT2D eigenvalue weighted by atomic mass is 9.79. The van der Waals surface area contributed by atoms with E-state index in [1.165, 1.54) is 99.3 Å². The lowest BCUT2D eigenvalue weighted by Gasteiger charge is -2.27. The number of rotatable bonds is 3. The van der Waals surface area contributed by atoms with Crippen LogP contribution in [0.1, 0.15) is 36.1 Å². The van der Waals surface area contributed by atoms with Gasteiger partial charge in [0, 0.05) is 11.1 Å². The Morgan fingerprint density at radius 2 is 0.907 bits per heavy atom. The minimum absolute atomic E-state index is 0.112. The molecule has 0 amide bonds. The van der Waals surface area contributed by atoms with E-state index in [0.717, 1.165) is 5.69 Å². The van der Waals surface area contributed by atoms with Crippen molar-refractivity contribution in [2.45, 2.75) is 19.3 Å². The first-order valence-corrected chi connectivity index (χ1v) is 18.9. The molecule has 0 bridgehead atoms. The molecule has 9 aromatic rings. The van der Waals surface area contributed by atoms with Gasteiger partial charge in [0.05, 0.1) is 11.4 Å². The van der Waals surface area contributed by atoms with E-state index in [0.29, 0.717) is 0 Å². The smallest absolute Gasteiger partial charge is 0.0534 e. The maximum absolute atomic E-state index is 2.52. The first-order chi connectivity index (χ1) is 26.6. The Bertz CT molecular complexity index is 2960. The largest absolute Gasteiger partial charge is 0.309 e. The topological polar surface area (TPSA) is 3.24 Å². The summed E-state index contributed by atoms with van der Waals surface area (Å²) < 4.78 is 0. The number of benzene rings is 9. The van der Waals surface area contributed by atoms with E-state index in [1.807, 2.05) is 0 Å². The van der Waals surface area contributed by atoms with Gasteiger partial charge in [-0.15, -0.1) is 0 Å². The van der Waals surface area contributed by atoms with Gasteiger partial charge in [0.2, 0.25) is 0 Å². The van der Waals surface area contributed by atoms with Gasteiger partial charge in [-0.1, -0.05) is 166 Å². The average molecular weight is 688 g/mol. The number of hydrogen-bond donors (Lipinski definition) is 0. The second kappa shape index (κ2) is 11.7. The van der Waals surface area contributed by atoms with Gasteiger partial charge in [-0.05, 0) is 124 Å². The Labute approximate surface area is 316 Å². The van der Waals surface area contributed by atoms with Crippen molar-refractivity contribution in [2.24, 2.45) is 0 Å². The Balaban J connectivity index is 1.18. The molecule has 0 fully saturated rings. The van der Waals surface area contributed by atoms with Crippen molar-refractivity contribution in [3.05, 3.63) is 198 Å². The molecule has 1 nitrogen and oxygen atoms in total. The molecule has 254 valence electrons. The van der Waals surface area contributed by atoms with Gasteiger partial charge in [-0.2, -0.15) is 0 Å². The quantitative estimate of drug-likeness (QED) is 0.167. The predicted octanol–water partition coefficient (Wildman–Crippen LogP) is 14.7. The maximum Gasteiger partial charge on any atom is 0.0534 e. The second-order valence-corrected chi connectivity index (χ2v) is 15.2. The summed E-state index contributed by atoms with van der Waals surface area (Å²) in [6.45, 7) is 4.78. The fraction of sp³-hybridized carbons (Fsp3) is 0.0566. The third-order valence-corrected chi connectivity index (χ3v) is 12.0. The van der Waals surface area contributed by atoms with Crippen LogP contribution in [0.15, 0.2) is 176 Å². The van der Waals surface area contributed by atoms with Crippen molar-refractivity contribution in [2.75, 3.05) is 4.90 Å². The van der Waals surface area contributed by atoms with Crippen LogP contribution in [0.2, 0.25) is 0 Å². The molecule has 2 aliphatic rings. The molecule has 0 aromatic heterocycles. The van der Waals surface area contributed by atoms with E-state index in [2.05, 4.69) is 207 Å². The highest BCUT2D eigenvalue weighted by atomic mass is 15.1. The molecule has 1 aliphatic carbocycles. The summed E-state index contributed by atoms with van der Waals surface area (Å²) >= 11 is 0. The minimum atomic E-state index is -0.112. The fourth-order valence-electron chi connectivity index (χ4n) is 9.53. The molecule has 54 heavy (non-hydrogen) atoms. The third kappa shape index (κ3) is 4.39. The molecule has 1 heteroatoms. The van der Waals surface area contributed by atoms with Gasteiger partial charge in [0.25, 0.3) is 0 Å². The lowest BCUT2D eigenvalue weighted by molar-refractivity contribution is 0.661. The van der Waals surface area contributed by atoms with E-state index in [9.17, 15) is 0 Å². The lowest BCUT2D eigenvalue weighted by Crippen LogP contribution is -2.15. The van der Waals surface area contributed by atoms with Crippen molar-refractivity contribution in [3.8, 4) is 33.4 Å². The van der Waals surface area contributed by atoms with E-state index in [1.54, 1.807) is 0 Å². The highest BCUT2D eigenvalue weighted by Crippen LogP contribution is 2.55. The average Bonchev–Trinajstić information content (AvgIpc) is 3.33. The zero-order chi connectivity index (χ0) is 36.0.